The molecule has 0 bridgehead atoms. The van der Waals surface area contributed by atoms with Crippen LogP contribution >= 0.6 is 0 Å². The summed E-state index contributed by atoms with van der Waals surface area (Å²) in [4.78, 5) is 0. The molecule has 1 aliphatic carbocycles. The Hall–Kier alpha value is -1.16. The molecule has 0 heterocycles. The van der Waals surface area contributed by atoms with Crippen molar-refractivity contribution < 1.29 is 13.5 Å². The minimum atomic E-state index is -0.598. The van der Waals surface area contributed by atoms with Gasteiger partial charge in [-0.15, -0.1) is 0 Å². The highest BCUT2D eigenvalue weighted by atomic mass is 19.1. The van der Waals surface area contributed by atoms with Crippen LogP contribution in [0.3, 0.4) is 0 Å². The van der Waals surface area contributed by atoms with Crippen LogP contribution in [0.1, 0.15) is 32.1 Å². The van der Waals surface area contributed by atoms with E-state index in [0.29, 0.717) is 6.61 Å². The van der Waals surface area contributed by atoms with Gasteiger partial charge in [-0.1, -0.05) is 0 Å². The summed E-state index contributed by atoms with van der Waals surface area (Å²) in [6, 6.07) is 4.02. The maximum absolute atomic E-state index is 12.9. The summed E-state index contributed by atoms with van der Waals surface area (Å²) in [6.07, 6.45) is 5.72. The van der Waals surface area contributed by atoms with Gasteiger partial charge < -0.3 is 10.1 Å². The van der Waals surface area contributed by atoms with Gasteiger partial charge >= 0.3 is 0 Å². The van der Waals surface area contributed by atoms with Gasteiger partial charge in [-0.25, -0.2) is 8.78 Å². The van der Waals surface area contributed by atoms with E-state index in [-0.39, 0.29) is 5.75 Å². The molecule has 0 amide bonds. The lowest BCUT2D eigenvalue weighted by Crippen LogP contribution is -2.17. The SMILES string of the molecule is Fc1cc(F)cc(OCCCCCNC2CC2)c1. The Balaban J connectivity index is 1.53. The van der Waals surface area contributed by atoms with Crippen molar-refractivity contribution in [1.29, 1.82) is 0 Å². The molecule has 1 aliphatic rings. The molecule has 0 aromatic heterocycles. The van der Waals surface area contributed by atoms with Gasteiger partial charge in [-0.05, 0) is 38.6 Å². The topological polar surface area (TPSA) is 21.3 Å². The number of hydrogen-bond acceptors (Lipinski definition) is 2. The normalized spacial score (nSPS) is 14.8. The first-order valence-electron chi connectivity index (χ1n) is 6.56. The van der Waals surface area contributed by atoms with Gasteiger partial charge in [0.15, 0.2) is 0 Å². The number of nitrogens with one attached hydrogen (secondary N) is 1. The van der Waals surface area contributed by atoms with Gasteiger partial charge in [-0.2, -0.15) is 0 Å². The van der Waals surface area contributed by atoms with Crippen molar-refractivity contribution in [2.24, 2.45) is 0 Å². The minimum Gasteiger partial charge on any atom is -0.493 e. The molecule has 1 saturated carbocycles. The van der Waals surface area contributed by atoms with Crippen molar-refractivity contribution in [2.75, 3.05) is 13.2 Å². The molecule has 18 heavy (non-hydrogen) atoms. The molecule has 0 radical (unpaired) electrons. The number of halogens is 2. The summed E-state index contributed by atoms with van der Waals surface area (Å²) in [7, 11) is 0. The Labute approximate surface area is 106 Å². The quantitative estimate of drug-likeness (QED) is 0.720. The largest absolute Gasteiger partial charge is 0.493 e. The molecule has 1 aromatic carbocycles. The molecule has 2 nitrogen and oxygen atoms in total. The molecular weight excluding hydrogens is 236 g/mol. The first-order chi connectivity index (χ1) is 8.74. The zero-order valence-electron chi connectivity index (χ0n) is 10.4. The van der Waals surface area contributed by atoms with Crippen LogP contribution in [0, 0.1) is 11.6 Å². The second-order valence-corrected chi connectivity index (χ2v) is 4.74. The highest BCUT2D eigenvalue weighted by Gasteiger charge is 2.19. The Morgan fingerprint density at radius 1 is 1.06 bits per heavy atom. The Morgan fingerprint density at radius 2 is 1.78 bits per heavy atom. The average Bonchev–Trinajstić information content (AvgIpc) is 3.10. The third kappa shape index (κ3) is 5.00. The lowest BCUT2D eigenvalue weighted by molar-refractivity contribution is 0.301. The van der Waals surface area contributed by atoms with Gasteiger partial charge in [-0.3, -0.25) is 0 Å². The van der Waals surface area contributed by atoms with Crippen molar-refractivity contribution in [3.8, 4) is 5.75 Å². The zero-order valence-corrected chi connectivity index (χ0v) is 10.4. The van der Waals surface area contributed by atoms with Crippen molar-refractivity contribution in [3.63, 3.8) is 0 Å². The zero-order chi connectivity index (χ0) is 12.8. The summed E-state index contributed by atoms with van der Waals surface area (Å²) in [5, 5.41) is 3.44. The van der Waals surface area contributed by atoms with Crippen LogP contribution in [0.5, 0.6) is 5.75 Å². The van der Waals surface area contributed by atoms with Crippen LogP contribution in [0.25, 0.3) is 0 Å². The van der Waals surface area contributed by atoms with E-state index in [1.54, 1.807) is 0 Å². The number of benzene rings is 1. The molecule has 2 rings (SSSR count). The second kappa shape index (κ2) is 6.69. The van der Waals surface area contributed by atoms with Crippen molar-refractivity contribution in [1.82, 2.24) is 5.32 Å². The van der Waals surface area contributed by atoms with Gasteiger partial charge in [0.2, 0.25) is 0 Å². The minimum absolute atomic E-state index is 0.267. The summed E-state index contributed by atoms with van der Waals surface area (Å²) < 4.78 is 31.0. The highest BCUT2D eigenvalue weighted by molar-refractivity contribution is 5.23. The summed E-state index contributed by atoms with van der Waals surface area (Å²) >= 11 is 0. The lowest BCUT2D eigenvalue weighted by Gasteiger charge is -2.06. The third-order valence-corrected chi connectivity index (χ3v) is 2.94. The fourth-order valence-corrected chi connectivity index (χ4v) is 1.80. The van der Waals surface area contributed by atoms with Crippen LogP contribution in [0.4, 0.5) is 8.78 Å². The fourth-order valence-electron chi connectivity index (χ4n) is 1.80. The maximum Gasteiger partial charge on any atom is 0.129 e. The molecule has 0 atom stereocenters. The van der Waals surface area contributed by atoms with Crippen molar-refractivity contribution in [2.45, 2.75) is 38.1 Å². The van der Waals surface area contributed by atoms with Gasteiger partial charge in [0.05, 0.1) is 6.61 Å². The third-order valence-electron chi connectivity index (χ3n) is 2.94. The summed E-state index contributed by atoms with van der Waals surface area (Å²) in [6.45, 7) is 1.56. The molecule has 0 spiro atoms. The molecular formula is C14H19F2NO. The van der Waals surface area contributed by atoms with E-state index in [2.05, 4.69) is 5.32 Å². The number of hydrogen-bond donors (Lipinski definition) is 1. The van der Waals surface area contributed by atoms with E-state index in [1.165, 1.54) is 25.0 Å². The van der Waals surface area contributed by atoms with E-state index >= 15 is 0 Å². The molecule has 1 N–H and O–H groups in total. The number of unbranched alkanes of at least 4 members (excludes halogenated alkanes) is 2. The molecule has 1 fully saturated rings. The Kier molecular flexibility index (Phi) is 4.93. The van der Waals surface area contributed by atoms with Gasteiger partial charge in [0.1, 0.15) is 17.4 Å². The smallest absolute Gasteiger partial charge is 0.129 e. The number of ether oxygens (including phenoxy) is 1. The van der Waals surface area contributed by atoms with E-state index in [0.717, 1.165) is 37.9 Å². The van der Waals surface area contributed by atoms with Gasteiger partial charge in [0, 0.05) is 24.2 Å². The molecule has 0 aliphatic heterocycles. The van der Waals surface area contributed by atoms with Crippen molar-refractivity contribution >= 4 is 0 Å². The molecule has 0 saturated heterocycles. The summed E-state index contributed by atoms with van der Waals surface area (Å²) in [5.41, 5.74) is 0. The van der Waals surface area contributed by atoms with Crippen LogP contribution in [0.2, 0.25) is 0 Å². The van der Waals surface area contributed by atoms with Crippen LogP contribution in [-0.2, 0) is 0 Å². The Bertz CT molecular complexity index is 360. The van der Waals surface area contributed by atoms with E-state index < -0.39 is 11.6 Å². The molecule has 100 valence electrons. The molecule has 0 unspecified atom stereocenters. The fraction of sp³-hybridized carbons (Fsp3) is 0.571. The standard InChI is InChI=1S/C14H19F2NO/c15-11-8-12(16)10-14(9-11)18-7-3-1-2-6-17-13-4-5-13/h8-10,13,17H,1-7H2. The van der Waals surface area contributed by atoms with E-state index in [4.69, 9.17) is 4.74 Å². The van der Waals surface area contributed by atoms with E-state index in [9.17, 15) is 8.78 Å². The first kappa shape index (κ1) is 13.3. The highest BCUT2D eigenvalue weighted by Crippen LogP contribution is 2.18. The molecule has 4 heteroatoms. The second-order valence-electron chi connectivity index (χ2n) is 4.74. The molecule has 1 aromatic rings. The van der Waals surface area contributed by atoms with Crippen molar-refractivity contribution in [3.05, 3.63) is 29.8 Å². The first-order valence-corrected chi connectivity index (χ1v) is 6.56. The predicted molar refractivity (Wildman–Crippen MR) is 66.7 cm³/mol. The maximum atomic E-state index is 12.9. The van der Waals surface area contributed by atoms with Crippen LogP contribution < -0.4 is 10.1 Å². The monoisotopic (exact) mass is 255 g/mol. The lowest BCUT2D eigenvalue weighted by atomic mass is 10.2. The van der Waals surface area contributed by atoms with Crippen LogP contribution in [0.15, 0.2) is 18.2 Å². The van der Waals surface area contributed by atoms with Crippen LogP contribution in [-0.4, -0.2) is 19.2 Å². The number of rotatable bonds is 8. The average molecular weight is 255 g/mol. The van der Waals surface area contributed by atoms with Gasteiger partial charge in [0.25, 0.3) is 0 Å². The summed E-state index contributed by atoms with van der Waals surface area (Å²) in [5.74, 6) is -0.930. The Morgan fingerprint density at radius 3 is 2.44 bits per heavy atom. The predicted octanol–water partition coefficient (Wildman–Crippen LogP) is 3.27. The van der Waals surface area contributed by atoms with E-state index in [1.807, 2.05) is 0 Å².